The van der Waals surface area contributed by atoms with E-state index in [1.807, 2.05) is 12.1 Å². The van der Waals surface area contributed by atoms with Gasteiger partial charge in [-0.05, 0) is 17.6 Å². The van der Waals surface area contributed by atoms with E-state index in [-0.39, 0.29) is 0 Å². The van der Waals surface area contributed by atoms with Crippen LogP contribution in [0.2, 0.25) is 0 Å². The van der Waals surface area contributed by atoms with E-state index in [4.69, 9.17) is 5.11 Å². The van der Waals surface area contributed by atoms with Crippen LogP contribution in [0.4, 0.5) is 4.79 Å². The third-order valence-corrected chi connectivity index (χ3v) is 5.11. The van der Waals surface area contributed by atoms with Crippen molar-refractivity contribution in [3.63, 3.8) is 0 Å². The van der Waals surface area contributed by atoms with Crippen molar-refractivity contribution in [1.82, 2.24) is 19.8 Å². The first-order chi connectivity index (χ1) is 12.7. The highest BCUT2D eigenvalue weighted by Gasteiger charge is 2.24. The largest absolute Gasteiger partial charge is 0.465 e. The maximum absolute atomic E-state index is 11.1. The fourth-order valence-corrected chi connectivity index (χ4v) is 3.71. The van der Waals surface area contributed by atoms with Gasteiger partial charge in [-0.15, -0.1) is 0 Å². The maximum atomic E-state index is 11.1. The highest BCUT2D eigenvalue weighted by Crippen LogP contribution is 2.28. The standard InChI is InChI=1S/C20H22N4O2/c25-20(26)24-10-6-16(7-11-24)19-17-13-23(9-8-18(17)21-14-22-19)12-15-4-2-1-3-5-15/h1-6,14H,7-13H2,(H,25,26). The topological polar surface area (TPSA) is 69.6 Å². The van der Waals surface area contributed by atoms with Gasteiger partial charge >= 0.3 is 6.09 Å². The molecule has 0 spiro atoms. The fraction of sp³-hybridized carbons (Fsp3) is 0.350. The lowest BCUT2D eigenvalue weighted by Gasteiger charge is -2.30. The second-order valence-corrected chi connectivity index (χ2v) is 6.80. The van der Waals surface area contributed by atoms with E-state index in [1.54, 1.807) is 6.33 Å². The predicted molar refractivity (Wildman–Crippen MR) is 98.5 cm³/mol. The molecule has 1 N–H and O–H groups in total. The molecule has 2 aliphatic heterocycles. The molecule has 1 aromatic heterocycles. The van der Waals surface area contributed by atoms with Crippen molar-refractivity contribution in [2.75, 3.05) is 19.6 Å². The van der Waals surface area contributed by atoms with Crippen molar-refractivity contribution in [2.45, 2.75) is 25.9 Å². The van der Waals surface area contributed by atoms with Crippen LogP contribution in [-0.4, -0.2) is 50.6 Å². The minimum absolute atomic E-state index is 0.428. The van der Waals surface area contributed by atoms with Crippen molar-refractivity contribution in [3.05, 3.63) is 65.2 Å². The lowest BCUT2D eigenvalue weighted by molar-refractivity contribution is 0.150. The van der Waals surface area contributed by atoms with E-state index in [1.165, 1.54) is 16.0 Å². The zero-order chi connectivity index (χ0) is 17.9. The van der Waals surface area contributed by atoms with Crippen molar-refractivity contribution in [2.24, 2.45) is 0 Å². The summed E-state index contributed by atoms with van der Waals surface area (Å²) in [6.45, 7) is 3.69. The lowest BCUT2D eigenvalue weighted by atomic mass is 9.95. The van der Waals surface area contributed by atoms with Gasteiger partial charge in [0.1, 0.15) is 6.33 Å². The van der Waals surface area contributed by atoms with Crippen LogP contribution in [0, 0.1) is 0 Å². The van der Waals surface area contributed by atoms with Crippen LogP contribution in [-0.2, 0) is 19.5 Å². The van der Waals surface area contributed by atoms with Gasteiger partial charge in [0.05, 0.1) is 11.4 Å². The maximum Gasteiger partial charge on any atom is 0.407 e. The first kappa shape index (κ1) is 16.7. The molecular weight excluding hydrogens is 328 g/mol. The van der Waals surface area contributed by atoms with E-state index >= 15 is 0 Å². The summed E-state index contributed by atoms with van der Waals surface area (Å²) in [4.78, 5) is 24.0. The Bertz CT molecular complexity index is 835. The van der Waals surface area contributed by atoms with Gasteiger partial charge in [0, 0.05) is 44.7 Å². The third kappa shape index (κ3) is 3.46. The number of benzene rings is 1. The number of carboxylic acid groups (broad SMARTS) is 1. The van der Waals surface area contributed by atoms with Crippen molar-refractivity contribution >= 4 is 11.7 Å². The summed E-state index contributed by atoms with van der Waals surface area (Å²) in [5, 5.41) is 9.13. The van der Waals surface area contributed by atoms with Crippen molar-refractivity contribution < 1.29 is 9.90 Å². The summed E-state index contributed by atoms with van der Waals surface area (Å²) >= 11 is 0. The zero-order valence-corrected chi connectivity index (χ0v) is 14.6. The van der Waals surface area contributed by atoms with Gasteiger partial charge in [-0.1, -0.05) is 36.4 Å². The highest BCUT2D eigenvalue weighted by molar-refractivity contribution is 5.71. The summed E-state index contributed by atoms with van der Waals surface area (Å²) < 4.78 is 0. The number of amides is 1. The van der Waals surface area contributed by atoms with E-state index in [0.29, 0.717) is 19.5 Å². The van der Waals surface area contributed by atoms with E-state index in [2.05, 4.69) is 39.1 Å². The molecule has 0 saturated carbocycles. The Morgan fingerprint density at radius 2 is 1.96 bits per heavy atom. The van der Waals surface area contributed by atoms with Crippen LogP contribution in [0.25, 0.3) is 5.57 Å². The van der Waals surface area contributed by atoms with Crippen LogP contribution in [0.3, 0.4) is 0 Å². The summed E-state index contributed by atoms with van der Waals surface area (Å²) in [6.07, 6.45) is 4.40. The third-order valence-electron chi connectivity index (χ3n) is 5.11. The van der Waals surface area contributed by atoms with E-state index < -0.39 is 6.09 Å². The predicted octanol–water partition coefficient (Wildman–Crippen LogP) is 2.80. The molecule has 0 aliphatic carbocycles. The number of hydrogen-bond donors (Lipinski definition) is 1. The van der Waals surface area contributed by atoms with Crippen molar-refractivity contribution in [1.29, 1.82) is 0 Å². The van der Waals surface area contributed by atoms with Gasteiger partial charge in [0.15, 0.2) is 0 Å². The van der Waals surface area contributed by atoms with Gasteiger partial charge in [-0.2, -0.15) is 0 Å². The SMILES string of the molecule is O=C(O)N1CC=C(c2ncnc3c2CN(Cc2ccccc2)CC3)CC1. The molecule has 0 fully saturated rings. The van der Waals surface area contributed by atoms with Crippen molar-refractivity contribution in [3.8, 4) is 0 Å². The average Bonchev–Trinajstić information content (AvgIpc) is 2.68. The van der Waals surface area contributed by atoms with Gasteiger partial charge < -0.3 is 10.0 Å². The quantitative estimate of drug-likeness (QED) is 0.922. The molecule has 6 heteroatoms. The molecule has 2 aliphatic rings. The van der Waals surface area contributed by atoms with Crippen LogP contribution >= 0.6 is 0 Å². The smallest absolute Gasteiger partial charge is 0.407 e. The van der Waals surface area contributed by atoms with Gasteiger partial charge in [0.2, 0.25) is 0 Å². The summed E-state index contributed by atoms with van der Waals surface area (Å²) in [5.41, 5.74) is 5.77. The number of hydrogen-bond acceptors (Lipinski definition) is 4. The minimum atomic E-state index is -0.862. The Morgan fingerprint density at radius 1 is 1.12 bits per heavy atom. The molecule has 2 aromatic rings. The Labute approximate surface area is 152 Å². The molecule has 1 amide bonds. The zero-order valence-electron chi connectivity index (χ0n) is 14.6. The van der Waals surface area contributed by atoms with Gasteiger partial charge in [-0.25, -0.2) is 14.8 Å². The summed E-state index contributed by atoms with van der Waals surface area (Å²) in [7, 11) is 0. The summed E-state index contributed by atoms with van der Waals surface area (Å²) in [6, 6.07) is 10.5. The normalized spacial score (nSPS) is 17.5. The molecule has 3 heterocycles. The van der Waals surface area contributed by atoms with Crippen LogP contribution in [0.5, 0.6) is 0 Å². The highest BCUT2D eigenvalue weighted by atomic mass is 16.4. The molecule has 134 valence electrons. The fourth-order valence-electron chi connectivity index (χ4n) is 3.71. The monoisotopic (exact) mass is 350 g/mol. The number of aromatic nitrogens is 2. The Balaban J connectivity index is 1.55. The minimum Gasteiger partial charge on any atom is -0.465 e. The molecule has 0 bridgehead atoms. The Morgan fingerprint density at radius 3 is 2.69 bits per heavy atom. The second kappa shape index (κ2) is 7.25. The molecule has 0 unspecified atom stereocenters. The van der Waals surface area contributed by atoms with Crippen LogP contribution < -0.4 is 0 Å². The van der Waals surface area contributed by atoms with Crippen LogP contribution in [0.1, 0.15) is 28.9 Å². The number of carbonyl (C=O) groups is 1. The first-order valence-electron chi connectivity index (χ1n) is 8.97. The molecule has 0 radical (unpaired) electrons. The molecule has 26 heavy (non-hydrogen) atoms. The Hall–Kier alpha value is -2.73. The number of rotatable bonds is 3. The second-order valence-electron chi connectivity index (χ2n) is 6.80. The first-order valence-corrected chi connectivity index (χ1v) is 8.97. The molecule has 0 atom stereocenters. The van der Waals surface area contributed by atoms with E-state index in [9.17, 15) is 4.79 Å². The molecule has 0 saturated heterocycles. The molecule has 1 aromatic carbocycles. The number of fused-ring (bicyclic) bond motifs is 1. The van der Waals surface area contributed by atoms with E-state index in [0.717, 1.165) is 43.0 Å². The van der Waals surface area contributed by atoms with Crippen LogP contribution in [0.15, 0.2) is 42.7 Å². The van der Waals surface area contributed by atoms with Gasteiger partial charge in [-0.3, -0.25) is 4.90 Å². The number of nitrogens with zero attached hydrogens (tertiary/aromatic N) is 4. The lowest BCUT2D eigenvalue weighted by Crippen LogP contribution is -2.34. The Kier molecular flexibility index (Phi) is 4.67. The summed E-state index contributed by atoms with van der Waals surface area (Å²) in [5.74, 6) is 0. The average molecular weight is 350 g/mol. The molecular formula is C20H22N4O2. The van der Waals surface area contributed by atoms with Gasteiger partial charge in [0.25, 0.3) is 0 Å². The molecule has 6 nitrogen and oxygen atoms in total. The molecule has 4 rings (SSSR count).